The van der Waals surface area contributed by atoms with Gasteiger partial charge < -0.3 is 5.32 Å². The molecule has 2 heterocycles. The van der Waals surface area contributed by atoms with Crippen LogP contribution in [0.1, 0.15) is 31.8 Å². The van der Waals surface area contributed by atoms with Crippen LogP contribution in [0.5, 0.6) is 0 Å². The van der Waals surface area contributed by atoms with Gasteiger partial charge in [-0.15, -0.1) is 0 Å². The summed E-state index contributed by atoms with van der Waals surface area (Å²) in [5.74, 6) is -2.41. The lowest BCUT2D eigenvalue weighted by Gasteiger charge is -2.25. The molecule has 0 saturated carbocycles. The van der Waals surface area contributed by atoms with Gasteiger partial charge in [-0.25, -0.2) is 4.98 Å². The van der Waals surface area contributed by atoms with Crippen LogP contribution in [0.4, 0.5) is 19.0 Å². The Kier molecular flexibility index (Phi) is 5.90. The number of imide groups is 1. The molecular weight excluding hydrogens is 459 g/mol. The molecule has 1 aliphatic heterocycles. The average molecular weight is 474 g/mol. The van der Waals surface area contributed by atoms with Gasteiger partial charge >= 0.3 is 6.18 Å². The lowest BCUT2D eigenvalue weighted by Crippen LogP contribution is -2.48. The van der Waals surface area contributed by atoms with Crippen LogP contribution < -0.4 is 5.32 Å². The molecule has 6 nitrogen and oxygen atoms in total. The van der Waals surface area contributed by atoms with Crippen LogP contribution in [0.2, 0.25) is 5.02 Å². The lowest BCUT2D eigenvalue weighted by molar-refractivity contribution is -0.137. The van der Waals surface area contributed by atoms with E-state index in [1.165, 1.54) is 12.1 Å². The second-order valence-corrected chi connectivity index (χ2v) is 7.68. The van der Waals surface area contributed by atoms with E-state index in [1.807, 2.05) is 0 Å². The number of alkyl halides is 3. The molecule has 0 fully saturated rings. The van der Waals surface area contributed by atoms with E-state index >= 15 is 0 Å². The van der Waals surface area contributed by atoms with E-state index in [2.05, 4.69) is 10.3 Å². The number of hydrogen-bond acceptors (Lipinski definition) is 4. The van der Waals surface area contributed by atoms with Gasteiger partial charge in [-0.05, 0) is 23.8 Å². The van der Waals surface area contributed by atoms with Crippen molar-refractivity contribution in [1.82, 2.24) is 9.88 Å². The zero-order chi connectivity index (χ0) is 23.8. The van der Waals surface area contributed by atoms with Crippen molar-refractivity contribution in [3.05, 3.63) is 94.1 Å². The Bertz CT molecular complexity index is 1210. The third kappa shape index (κ3) is 4.45. The number of pyridine rings is 1. The topological polar surface area (TPSA) is 79.4 Å². The smallest absolute Gasteiger partial charge is 0.308 e. The van der Waals surface area contributed by atoms with Crippen molar-refractivity contribution in [2.75, 3.05) is 5.32 Å². The molecule has 1 N–H and O–H groups in total. The van der Waals surface area contributed by atoms with Crippen LogP contribution in [0.3, 0.4) is 0 Å². The highest BCUT2D eigenvalue weighted by molar-refractivity contribution is 6.33. The van der Waals surface area contributed by atoms with Gasteiger partial charge in [-0.2, -0.15) is 13.2 Å². The Morgan fingerprint density at radius 1 is 1.00 bits per heavy atom. The van der Waals surface area contributed by atoms with E-state index in [9.17, 15) is 27.6 Å². The number of nitrogens with one attached hydrogen (secondary N) is 1. The van der Waals surface area contributed by atoms with E-state index in [1.54, 1.807) is 42.5 Å². The standard InChI is InChI=1S/C23H15ClF3N3O3/c24-17-11-14(23(25,26)27)12-28-19(17)29-20(31)18(10-13-6-2-1-3-7-13)30-21(32)15-8-4-5-9-16(15)22(30)33/h1-9,11-12,18H,10H2,(H,28,29,31)/t18-/m0/s1. The minimum Gasteiger partial charge on any atom is -0.308 e. The molecule has 10 heteroatoms. The van der Waals surface area contributed by atoms with Crippen LogP contribution >= 0.6 is 11.6 Å². The van der Waals surface area contributed by atoms with Gasteiger partial charge in [-0.1, -0.05) is 54.1 Å². The molecule has 4 rings (SSSR count). The zero-order valence-electron chi connectivity index (χ0n) is 16.8. The molecule has 2 aromatic carbocycles. The Hall–Kier alpha value is -3.72. The predicted molar refractivity (Wildman–Crippen MR) is 114 cm³/mol. The van der Waals surface area contributed by atoms with Gasteiger partial charge in [0, 0.05) is 12.6 Å². The van der Waals surface area contributed by atoms with Gasteiger partial charge in [0.15, 0.2) is 5.82 Å². The van der Waals surface area contributed by atoms with Crippen LogP contribution in [-0.4, -0.2) is 33.6 Å². The molecular formula is C23H15ClF3N3O3. The van der Waals surface area contributed by atoms with Crippen molar-refractivity contribution >= 4 is 35.1 Å². The molecule has 168 valence electrons. The van der Waals surface area contributed by atoms with E-state index in [0.717, 1.165) is 4.90 Å². The highest BCUT2D eigenvalue weighted by atomic mass is 35.5. The fourth-order valence-electron chi connectivity index (χ4n) is 3.51. The first kappa shape index (κ1) is 22.5. The van der Waals surface area contributed by atoms with E-state index < -0.39 is 40.5 Å². The number of halogens is 4. The summed E-state index contributed by atoms with van der Waals surface area (Å²) in [5.41, 5.74) is -0.0783. The molecule has 1 aromatic heterocycles. The fourth-order valence-corrected chi connectivity index (χ4v) is 3.73. The number of hydrogen-bond donors (Lipinski definition) is 1. The van der Waals surface area contributed by atoms with Gasteiger partial charge in [-0.3, -0.25) is 19.3 Å². The van der Waals surface area contributed by atoms with Gasteiger partial charge in [0.2, 0.25) is 5.91 Å². The van der Waals surface area contributed by atoms with Crippen molar-refractivity contribution in [2.24, 2.45) is 0 Å². The number of rotatable bonds is 5. The van der Waals surface area contributed by atoms with Crippen LogP contribution in [0, 0.1) is 0 Å². The second kappa shape index (κ2) is 8.67. The molecule has 1 aliphatic rings. The Labute approximate surface area is 191 Å². The number of anilines is 1. The largest absolute Gasteiger partial charge is 0.417 e. The summed E-state index contributed by atoms with van der Waals surface area (Å²) in [6, 6.07) is 14.2. The number of amides is 3. The van der Waals surface area contributed by atoms with Crippen molar-refractivity contribution in [3.63, 3.8) is 0 Å². The predicted octanol–water partition coefficient (Wildman–Crippen LogP) is 4.60. The summed E-state index contributed by atoms with van der Waals surface area (Å²) in [7, 11) is 0. The molecule has 0 unspecified atom stereocenters. The molecule has 33 heavy (non-hydrogen) atoms. The second-order valence-electron chi connectivity index (χ2n) is 7.27. The van der Waals surface area contributed by atoms with Crippen molar-refractivity contribution in [1.29, 1.82) is 0 Å². The summed E-state index contributed by atoms with van der Waals surface area (Å²) in [5, 5.41) is 1.93. The van der Waals surface area contributed by atoms with E-state index in [0.29, 0.717) is 17.8 Å². The van der Waals surface area contributed by atoms with E-state index in [4.69, 9.17) is 11.6 Å². The summed E-state index contributed by atoms with van der Waals surface area (Å²) in [6.07, 6.45) is -4.14. The number of aromatic nitrogens is 1. The van der Waals surface area contributed by atoms with Crippen LogP contribution in [0.25, 0.3) is 0 Å². The van der Waals surface area contributed by atoms with Crippen molar-refractivity contribution in [2.45, 2.75) is 18.6 Å². The molecule has 3 aromatic rings. The molecule has 0 radical (unpaired) electrons. The maximum atomic E-state index is 13.2. The Balaban J connectivity index is 1.67. The summed E-state index contributed by atoms with van der Waals surface area (Å²) < 4.78 is 38.7. The van der Waals surface area contributed by atoms with Gasteiger partial charge in [0.1, 0.15) is 6.04 Å². The number of benzene rings is 2. The van der Waals surface area contributed by atoms with Crippen LogP contribution in [0.15, 0.2) is 66.9 Å². The maximum Gasteiger partial charge on any atom is 0.417 e. The molecule has 0 saturated heterocycles. The van der Waals surface area contributed by atoms with Crippen molar-refractivity contribution in [3.8, 4) is 0 Å². The zero-order valence-corrected chi connectivity index (χ0v) is 17.5. The minimum absolute atomic E-state index is 0.0175. The normalized spacial score (nSPS) is 14.2. The lowest BCUT2D eigenvalue weighted by atomic mass is 10.0. The van der Waals surface area contributed by atoms with Gasteiger partial charge in [0.05, 0.1) is 21.7 Å². The maximum absolute atomic E-state index is 13.2. The summed E-state index contributed by atoms with van der Waals surface area (Å²) in [6.45, 7) is 0. The highest BCUT2D eigenvalue weighted by Gasteiger charge is 2.43. The number of carbonyl (C=O) groups is 3. The fraction of sp³-hybridized carbons (Fsp3) is 0.130. The van der Waals surface area contributed by atoms with Gasteiger partial charge in [0.25, 0.3) is 11.8 Å². The average Bonchev–Trinajstić information content (AvgIpc) is 3.04. The highest BCUT2D eigenvalue weighted by Crippen LogP contribution is 2.33. The summed E-state index contributed by atoms with van der Waals surface area (Å²) in [4.78, 5) is 43.6. The number of carbonyl (C=O) groups excluding carboxylic acids is 3. The summed E-state index contributed by atoms with van der Waals surface area (Å²) >= 11 is 5.91. The quantitative estimate of drug-likeness (QED) is 0.549. The van der Waals surface area contributed by atoms with E-state index in [-0.39, 0.29) is 23.4 Å². The molecule has 0 aliphatic carbocycles. The number of fused-ring (bicyclic) bond motifs is 1. The molecule has 1 atom stereocenters. The SMILES string of the molecule is O=C(Nc1ncc(C(F)(F)F)cc1Cl)[C@H](Cc1ccccc1)N1C(=O)c2ccccc2C1=O. The number of nitrogens with zero attached hydrogens (tertiary/aromatic N) is 2. The molecule has 0 spiro atoms. The van der Waals surface area contributed by atoms with Crippen molar-refractivity contribution < 1.29 is 27.6 Å². The Morgan fingerprint density at radius 2 is 1.58 bits per heavy atom. The first-order valence-electron chi connectivity index (χ1n) is 9.71. The first-order valence-corrected chi connectivity index (χ1v) is 10.1. The molecule has 0 bridgehead atoms. The minimum atomic E-state index is -4.66. The molecule has 3 amide bonds. The van der Waals surface area contributed by atoms with Crippen LogP contribution in [-0.2, 0) is 17.4 Å². The Morgan fingerprint density at radius 3 is 2.12 bits per heavy atom. The first-order chi connectivity index (χ1) is 15.7. The third-order valence-corrected chi connectivity index (χ3v) is 5.41. The third-order valence-electron chi connectivity index (χ3n) is 5.12. The monoisotopic (exact) mass is 473 g/mol.